The van der Waals surface area contributed by atoms with Gasteiger partial charge in [0.25, 0.3) is 0 Å². The average Bonchev–Trinajstić information content (AvgIpc) is 3.13. The second-order valence-corrected chi connectivity index (χ2v) is 9.55. The van der Waals surface area contributed by atoms with E-state index in [0.717, 1.165) is 0 Å². The fraction of sp³-hybridized carbons (Fsp3) is 0.429. The van der Waals surface area contributed by atoms with Crippen molar-refractivity contribution in [3.63, 3.8) is 0 Å². The molecular formula is C28H34. The van der Waals surface area contributed by atoms with Crippen LogP contribution in [0.4, 0.5) is 0 Å². The van der Waals surface area contributed by atoms with Crippen LogP contribution in [-0.4, -0.2) is 0 Å². The van der Waals surface area contributed by atoms with Crippen LogP contribution in [0.1, 0.15) is 111 Å². The summed E-state index contributed by atoms with van der Waals surface area (Å²) in [5.41, 5.74) is 12.0. The third-order valence-electron chi connectivity index (χ3n) is 6.92. The van der Waals surface area contributed by atoms with Gasteiger partial charge in [0.15, 0.2) is 0 Å². The molecule has 0 saturated carbocycles. The molecule has 0 N–H and O–H groups in total. The van der Waals surface area contributed by atoms with E-state index in [2.05, 4.69) is 90.1 Å². The van der Waals surface area contributed by atoms with Gasteiger partial charge in [-0.2, -0.15) is 0 Å². The van der Waals surface area contributed by atoms with E-state index in [9.17, 15) is 0 Å². The highest BCUT2D eigenvalue weighted by Gasteiger charge is 2.28. The van der Waals surface area contributed by atoms with Crippen LogP contribution < -0.4 is 0 Å². The third-order valence-corrected chi connectivity index (χ3v) is 6.92. The number of hydrogen-bond donors (Lipinski definition) is 0. The quantitative estimate of drug-likeness (QED) is 0.495. The molecule has 2 aromatic rings. The van der Waals surface area contributed by atoms with Crippen molar-refractivity contribution in [2.45, 2.75) is 78.1 Å². The summed E-state index contributed by atoms with van der Waals surface area (Å²) in [6, 6.07) is 14.2. The first-order valence-electron chi connectivity index (χ1n) is 11.0. The maximum atomic E-state index is 2.47. The molecule has 0 heterocycles. The number of rotatable bonds is 5. The zero-order valence-electron chi connectivity index (χ0n) is 18.3. The highest BCUT2D eigenvalue weighted by molar-refractivity contribution is 5.68. The van der Waals surface area contributed by atoms with Crippen molar-refractivity contribution in [3.05, 3.63) is 80.9 Å². The van der Waals surface area contributed by atoms with Gasteiger partial charge in [-0.3, -0.25) is 0 Å². The molecule has 2 aromatic carbocycles. The Morgan fingerprint density at radius 2 is 1.04 bits per heavy atom. The van der Waals surface area contributed by atoms with Crippen LogP contribution in [0, 0.1) is 0 Å². The molecule has 2 unspecified atom stereocenters. The van der Waals surface area contributed by atoms with Crippen LogP contribution in [0.2, 0.25) is 0 Å². The summed E-state index contributed by atoms with van der Waals surface area (Å²) in [7, 11) is 0. The van der Waals surface area contributed by atoms with Crippen molar-refractivity contribution in [2.24, 2.45) is 0 Å². The average molecular weight is 371 g/mol. The van der Waals surface area contributed by atoms with Gasteiger partial charge in [-0.1, -0.05) is 87.4 Å². The minimum Gasteiger partial charge on any atom is -0.0652 e. The molecule has 28 heavy (non-hydrogen) atoms. The summed E-state index contributed by atoms with van der Waals surface area (Å²) in [4.78, 5) is 0. The molecule has 2 atom stereocenters. The van der Waals surface area contributed by atoms with Crippen molar-refractivity contribution in [2.75, 3.05) is 0 Å². The Balaban J connectivity index is 1.57. The number of allylic oxidation sites excluding steroid dienone is 2. The van der Waals surface area contributed by atoms with Crippen molar-refractivity contribution in [1.29, 1.82) is 0 Å². The maximum absolute atomic E-state index is 2.47. The van der Waals surface area contributed by atoms with Gasteiger partial charge < -0.3 is 0 Å². The van der Waals surface area contributed by atoms with Crippen molar-refractivity contribution >= 4 is 12.2 Å². The normalized spacial score (nSPS) is 20.4. The van der Waals surface area contributed by atoms with Crippen LogP contribution in [0.5, 0.6) is 0 Å². The maximum Gasteiger partial charge on any atom is 0.00551 e. The second kappa shape index (κ2) is 7.39. The largest absolute Gasteiger partial charge is 0.0652 e. The summed E-state index contributed by atoms with van der Waals surface area (Å²) in [5, 5.41) is 0. The third kappa shape index (κ3) is 3.39. The number of benzene rings is 2. The Morgan fingerprint density at radius 3 is 1.39 bits per heavy atom. The summed E-state index contributed by atoms with van der Waals surface area (Å²) >= 11 is 0. The molecular weight excluding hydrogens is 336 g/mol. The van der Waals surface area contributed by atoms with Crippen LogP contribution in [0.15, 0.2) is 47.5 Å². The molecule has 0 aromatic heterocycles. The highest BCUT2D eigenvalue weighted by Crippen LogP contribution is 2.45. The van der Waals surface area contributed by atoms with Gasteiger partial charge in [0.2, 0.25) is 0 Å². The zero-order chi connectivity index (χ0) is 20.0. The van der Waals surface area contributed by atoms with Gasteiger partial charge >= 0.3 is 0 Å². The highest BCUT2D eigenvalue weighted by atomic mass is 14.3. The lowest BCUT2D eigenvalue weighted by atomic mass is 9.83. The van der Waals surface area contributed by atoms with Gasteiger partial charge in [0.05, 0.1) is 0 Å². The summed E-state index contributed by atoms with van der Waals surface area (Å²) < 4.78 is 0. The molecule has 0 aliphatic heterocycles. The standard InChI is InChI=1S/C28H34/c1-17(2)21-7-9-23-13-19(5)25(27(23)15-21)11-12-26-20(6)14-24-10-8-22(18(3)4)16-28(24)26/h7-10,13-18,25-26H,11-12H2,1-6H3. The zero-order valence-corrected chi connectivity index (χ0v) is 18.3. The van der Waals surface area contributed by atoms with Crippen molar-refractivity contribution in [1.82, 2.24) is 0 Å². The molecule has 2 aliphatic rings. The van der Waals surface area contributed by atoms with Gasteiger partial charge in [-0.25, -0.2) is 0 Å². The fourth-order valence-corrected chi connectivity index (χ4v) is 5.05. The summed E-state index contributed by atoms with van der Waals surface area (Å²) in [6.45, 7) is 13.8. The van der Waals surface area contributed by atoms with E-state index in [1.54, 1.807) is 11.1 Å². The molecule has 146 valence electrons. The molecule has 0 nitrogen and oxygen atoms in total. The van der Waals surface area contributed by atoms with Crippen molar-refractivity contribution < 1.29 is 0 Å². The number of fused-ring (bicyclic) bond motifs is 2. The lowest BCUT2D eigenvalue weighted by Gasteiger charge is -2.21. The molecule has 0 radical (unpaired) electrons. The number of hydrogen-bond acceptors (Lipinski definition) is 0. The monoisotopic (exact) mass is 370 g/mol. The van der Waals surface area contributed by atoms with E-state index in [0.29, 0.717) is 23.7 Å². The molecule has 4 rings (SSSR count). The first-order valence-corrected chi connectivity index (χ1v) is 11.0. The minimum atomic E-state index is 0.582. The Hall–Kier alpha value is -2.08. The fourth-order valence-electron chi connectivity index (χ4n) is 5.05. The lowest BCUT2D eigenvalue weighted by Crippen LogP contribution is -2.04. The molecule has 2 aliphatic carbocycles. The Bertz CT molecular complexity index is 872. The SMILES string of the molecule is CC1=Cc2ccc(C(C)C)cc2C1CCC1C(C)=Cc2ccc(C(C)C)cc21. The minimum absolute atomic E-state index is 0.582. The van der Waals surface area contributed by atoms with Crippen LogP contribution in [0.25, 0.3) is 12.2 Å². The Labute approximate surface area is 171 Å². The van der Waals surface area contributed by atoms with E-state index in [1.807, 2.05) is 0 Å². The molecule has 0 spiro atoms. The smallest absolute Gasteiger partial charge is 0.00551 e. The topological polar surface area (TPSA) is 0 Å². The summed E-state index contributed by atoms with van der Waals surface area (Å²) in [6.07, 6.45) is 7.29. The second-order valence-electron chi connectivity index (χ2n) is 9.55. The van der Waals surface area contributed by atoms with Crippen LogP contribution in [0.3, 0.4) is 0 Å². The van der Waals surface area contributed by atoms with Gasteiger partial charge in [-0.05, 0) is 71.9 Å². The van der Waals surface area contributed by atoms with Crippen molar-refractivity contribution in [3.8, 4) is 0 Å². The Morgan fingerprint density at radius 1 is 0.643 bits per heavy atom. The van der Waals surface area contributed by atoms with Crippen LogP contribution in [-0.2, 0) is 0 Å². The van der Waals surface area contributed by atoms with E-state index >= 15 is 0 Å². The van der Waals surface area contributed by atoms with E-state index in [1.165, 1.54) is 46.2 Å². The predicted octanol–water partition coefficient (Wildman–Crippen LogP) is 8.41. The van der Waals surface area contributed by atoms with E-state index in [-0.39, 0.29) is 0 Å². The lowest BCUT2D eigenvalue weighted by molar-refractivity contribution is 0.610. The van der Waals surface area contributed by atoms with E-state index in [4.69, 9.17) is 0 Å². The van der Waals surface area contributed by atoms with Crippen LogP contribution >= 0.6 is 0 Å². The Kier molecular flexibility index (Phi) is 5.08. The van der Waals surface area contributed by atoms with Gasteiger partial charge in [0, 0.05) is 11.8 Å². The molecule has 0 amide bonds. The van der Waals surface area contributed by atoms with Gasteiger partial charge in [0.1, 0.15) is 0 Å². The summed E-state index contributed by atoms with van der Waals surface area (Å²) in [5.74, 6) is 2.35. The molecule has 0 fully saturated rings. The predicted molar refractivity (Wildman–Crippen MR) is 123 cm³/mol. The first-order chi connectivity index (χ1) is 13.3. The molecule has 0 heteroatoms. The molecule has 0 bridgehead atoms. The van der Waals surface area contributed by atoms with Gasteiger partial charge in [-0.15, -0.1) is 0 Å². The molecule has 0 saturated heterocycles. The first kappa shape index (κ1) is 19.2. The van der Waals surface area contributed by atoms with E-state index < -0.39 is 0 Å².